The van der Waals surface area contributed by atoms with E-state index in [0.717, 1.165) is 6.07 Å². The van der Waals surface area contributed by atoms with Gasteiger partial charge in [0.15, 0.2) is 6.29 Å². The number of hydrogen-bond donors (Lipinski definition) is 2. The predicted octanol–water partition coefficient (Wildman–Crippen LogP) is 0.892. The molecule has 0 aliphatic rings. The van der Waals surface area contributed by atoms with Crippen LogP contribution < -0.4 is 5.46 Å². The summed E-state index contributed by atoms with van der Waals surface area (Å²) in [7, 11) is -1.39. The molecule has 0 saturated heterocycles. The van der Waals surface area contributed by atoms with Gasteiger partial charge in [-0.1, -0.05) is 6.07 Å². The molecule has 104 valence electrons. The average Bonchev–Trinajstić information content (AvgIpc) is 2.26. The van der Waals surface area contributed by atoms with Crippen molar-refractivity contribution in [3.05, 3.63) is 29.6 Å². The highest BCUT2D eigenvalue weighted by Gasteiger charge is 2.39. The Morgan fingerprint density at radius 1 is 1.32 bits per heavy atom. The summed E-state index contributed by atoms with van der Waals surface area (Å²) < 4.78 is 18.8. The summed E-state index contributed by atoms with van der Waals surface area (Å²) in [6, 6.07) is 3.70. The molecule has 0 fully saturated rings. The summed E-state index contributed by atoms with van der Waals surface area (Å²) in [6.07, 6.45) is 0.396. The molecule has 0 spiro atoms. The Morgan fingerprint density at radius 3 is 2.32 bits per heavy atom. The molecule has 0 aliphatic heterocycles. The zero-order valence-corrected chi connectivity index (χ0v) is 11.5. The van der Waals surface area contributed by atoms with Crippen LogP contribution in [-0.2, 0) is 4.65 Å². The summed E-state index contributed by atoms with van der Waals surface area (Å²) in [4.78, 5) is 10.5. The fourth-order valence-corrected chi connectivity index (χ4v) is 1.28. The van der Waals surface area contributed by atoms with E-state index >= 15 is 0 Å². The molecule has 2 N–H and O–H groups in total. The molecule has 0 radical (unpaired) electrons. The zero-order chi connectivity index (χ0) is 14.8. The maximum absolute atomic E-state index is 13.4. The van der Waals surface area contributed by atoms with E-state index in [4.69, 9.17) is 4.65 Å². The summed E-state index contributed by atoms with van der Waals surface area (Å²) in [6.45, 7) is 6.34. The molecule has 0 aromatic heterocycles. The third kappa shape index (κ3) is 3.62. The SMILES string of the molecule is CC(C)(O)C(C)(C)OB(O)c1ccc(C=O)c(F)c1. The third-order valence-electron chi connectivity index (χ3n) is 3.32. The fourth-order valence-electron chi connectivity index (χ4n) is 1.28. The largest absolute Gasteiger partial charge is 0.491 e. The van der Waals surface area contributed by atoms with Gasteiger partial charge in [-0.3, -0.25) is 4.79 Å². The highest BCUT2D eigenvalue weighted by Crippen LogP contribution is 2.25. The Hall–Kier alpha value is -1.24. The van der Waals surface area contributed by atoms with Crippen molar-refractivity contribution in [1.82, 2.24) is 0 Å². The second kappa shape index (κ2) is 5.40. The van der Waals surface area contributed by atoms with E-state index in [1.54, 1.807) is 27.7 Å². The lowest BCUT2D eigenvalue weighted by atomic mass is 9.76. The van der Waals surface area contributed by atoms with Gasteiger partial charge in [-0.05, 0) is 45.3 Å². The van der Waals surface area contributed by atoms with Gasteiger partial charge in [0.1, 0.15) is 5.82 Å². The Morgan fingerprint density at radius 2 is 1.89 bits per heavy atom. The number of benzene rings is 1. The molecule has 1 rings (SSSR count). The van der Waals surface area contributed by atoms with Gasteiger partial charge in [0, 0.05) is 5.56 Å². The van der Waals surface area contributed by atoms with Crippen LogP contribution in [0, 0.1) is 5.82 Å². The molecular formula is C13H18BFO4. The molecule has 0 atom stereocenters. The van der Waals surface area contributed by atoms with Crippen LogP contribution in [0.2, 0.25) is 0 Å². The minimum absolute atomic E-state index is 0.0855. The highest BCUT2D eigenvalue weighted by atomic mass is 19.1. The van der Waals surface area contributed by atoms with E-state index in [9.17, 15) is 19.3 Å². The van der Waals surface area contributed by atoms with Gasteiger partial charge in [-0.2, -0.15) is 0 Å². The minimum Gasteiger partial charge on any atom is -0.423 e. The Balaban J connectivity index is 2.93. The molecule has 1 aromatic rings. The van der Waals surface area contributed by atoms with E-state index in [1.807, 2.05) is 0 Å². The van der Waals surface area contributed by atoms with Crippen LogP contribution in [0.5, 0.6) is 0 Å². The molecule has 0 bridgehead atoms. The molecule has 1 aromatic carbocycles. The second-order valence-electron chi connectivity index (χ2n) is 5.44. The van der Waals surface area contributed by atoms with E-state index in [-0.39, 0.29) is 11.0 Å². The maximum Gasteiger partial charge on any atom is 0.491 e. The molecule has 0 heterocycles. The van der Waals surface area contributed by atoms with Gasteiger partial charge < -0.3 is 14.8 Å². The van der Waals surface area contributed by atoms with E-state index in [0.29, 0.717) is 6.29 Å². The minimum atomic E-state index is -1.39. The third-order valence-corrected chi connectivity index (χ3v) is 3.32. The molecular weight excluding hydrogens is 250 g/mol. The Labute approximate surface area is 112 Å². The number of carbonyl (C=O) groups excluding carboxylic acids is 1. The van der Waals surface area contributed by atoms with Crippen molar-refractivity contribution in [2.45, 2.75) is 38.9 Å². The summed E-state index contributed by atoms with van der Waals surface area (Å²) in [5.41, 5.74) is -2.13. The van der Waals surface area contributed by atoms with Gasteiger partial charge in [-0.25, -0.2) is 4.39 Å². The Bertz CT molecular complexity index is 468. The smallest absolute Gasteiger partial charge is 0.423 e. The number of rotatable bonds is 5. The first-order valence-electron chi connectivity index (χ1n) is 5.91. The highest BCUT2D eigenvalue weighted by molar-refractivity contribution is 6.60. The first kappa shape index (κ1) is 15.8. The first-order chi connectivity index (χ1) is 8.58. The number of aliphatic hydroxyl groups is 1. The fraction of sp³-hybridized carbons (Fsp3) is 0.462. The molecule has 0 unspecified atom stereocenters. The van der Waals surface area contributed by atoms with E-state index in [2.05, 4.69) is 0 Å². The lowest BCUT2D eigenvalue weighted by molar-refractivity contribution is -0.0982. The quantitative estimate of drug-likeness (QED) is 0.615. The maximum atomic E-state index is 13.4. The van der Waals surface area contributed by atoms with E-state index in [1.165, 1.54) is 12.1 Å². The molecule has 0 aliphatic carbocycles. The topological polar surface area (TPSA) is 66.8 Å². The summed E-state index contributed by atoms with van der Waals surface area (Å²) in [5, 5.41) is 19.8. The average molecular weight is 268 g/mol. The van der Waals surface area contributed by atoms with Crippen LogP contribution in [-0.4, -0.2) is 34.7 Å². The monoisotopic (exact) mass is 268 g/mol. The van der Waals surface area contributed by atoms with Crippen molar-refractivity contribution >= 4 is 18.9 Å². The lowest BCUT2D eigenvalue weighted by Gasteiger charge is -2.38. The van der Waals surface area contributed by atoms with Gasteiger partial charge in [0.05, 0.1) is 11.2 Å². The normalized spacial score (nSPS) is 12.4. The number of halogens is 1. The van der Waals surface area contributed by atoms with Crippen molar-refractivity contribution in [1.29, 1.82) is 0 Å². The van der Waals surface area contributed by atoms with Gasteiger partial charge >= 0.3 is 7.12 Å². The first-order valence-corrected chi connectivity index (χ1v) is 5.91. The van der Waals surface area contributed by atoms with E-state index < -0.39 is 24.1 Å². The number of carbonyl (C=O) groups is 1. The van der Waals surface area contributed by atoms with Crippen molar-refractivity contribution in [3.8, 4) is 0 Å². The van der Waals surface area contributed by atoms with Crippen LogP contribution in [0.1, 0.15) is 38.1 Å². The van der Waals surface area contributed by atoms with Crippen molar-refractivity contribution in [2.75, 3.05) is 0 Å². The predicted molar refractivity (Wildman–Crippen MR) is 70.9 cm³/mol. The van der Waals surface area contributed by atoms with Crippen LogP contribution in [0.15, 0.2) is 18.2 Å². The Kier molecular flexibility index (Phi) is 4.50. The van der Waals surface area contributed by atoms with Crippen LogP contribution in [0.4, 0.5) is 4.39 Å². The number of aldehydes is 1. The second-order valence-corrected chi connectivity index (χ2v) is 5.44. The van der Waals surface area contributed by atoms with Crippen molar-refractivity contribution < 1.29 is 24.0 Å². The van der Waals surface area contributed by atoms with Crippen LogP contribution in [0.3, 0.4) is 0 Å². The van der Waals surface area contributed by atoms with Gasteiger partial charge in [-0.15, -0.1) is 0 Å². The lowest BCUT2D eigenvalue weighted by Crippen LogP contribution is -2.53. The molecule has 19 heavy (non-hydrogen) atoms. The summed E-state index contributed by atoms with van der Waals surface area (Å²) in [5.74, 6) is -0.726. The van der Waals surface area contributed by atoms with Crippen molar-refractivity contribution in [2.24, 2.45) is 0 Å². The van der Waals surface area contributed by atoms with Crippen LogP contribution in [0.25, 0.3) is 0 Å². The molecule has 6 heteroatoms. The summed E-state index contributed by atoms with van der Waals surface area (Å²) >= 11 is 0. The number of hydrogen-bond acceptors (Lipinski definition) is 4. The zero-order valence-electron chi connectivity index (χ0n) is 11.5. The molecule has 4 nitrogen and oxygen atoms in total. The van der Waals surface area contributed by atoms with Gasteiger partial charge in [0.2, 0.25) is 0 Å². The molecule has 0 amide bonds. The van der Waals surface area contributed by atoms with Gasteiger partial charge in [0.25, 0.3) is 0 Å². The standard InChI is InChI=1S/C13H18BFO4/c1-12(2,17)13(3,4)19-14(18)10-6-5-9(8-16)11(15)7-10/h5-8,17-18H,1-4H3. The van der Waals surface area contributed by atoms with Crippen molar-refractivity contribution in [3.63, 3.8) is 0 Å². The molecule has 0 saturated carbocycles. The van der Waals surface area contributed by atoms with Crippen LogP contribution >= 0.6 is 0 Å².